The molecular weight excluding hydrogens is 272 g/mol. The number of piperidine rings is 1. The molecule has 0 aromatic carbocycles. The highest BCUT2D eigenvalue weighted by atomic mass is 16.5. The lowest BCUT2D eigenvalue weighted by Gasteiger charge is -2.46. The molecule has 2 fully saturated rings. The Morgan fingerprint density at radius 2 is 2.29 bits per heavy atom. The minimum absolute atomic E-state index is 0.123. The lowest BCUT2D eigenvalue weighted by atomic mass is 9.82. The maximum atomic E-state index is 12.4. The first kappa shape index (κ1) is 14.5. The number of nitrogens with zero attached hydrogens (tertiary/aromatic N) is 2. The van der Waals surface area contributed by atoms with Crippen molar-refractivity contribution < 1.29 is 19.2 Å². The summed E-state index contributed by atoms with van der Waals surface area (Å²) in [4.78, 5) is 14.1. The molecule has 0 aliphatic carbocycles. The number of aliphatic hydroxyl groups is 1. The minimum atomic E-state index is -0.453. The van der Waals surface area contributed by atoms with Gasteiger partial charge in [-0.2, -0.15) is 0 Å². The number of hydrogen-bond donors (Lipinski definition) is 1. The van der Waals surface area contributed by atoms with Gasteiger partial charge < -0.3 is 19.3 Å². The van der Waals surface area contributed by atoms with Crippen LogP contribution in [0.15, 0.2) is 10.6 Å². The first-order valence-corrected chi connectivity index (χ1v) is 7.71. The molecule has 0 saturated carbocycles. The molecule has 2 aliphatic rings. The normalized spacial score (nSPS) is 25.2. The topological polar surface area (TPSA) is 75.8 Å². The first-order chi connectivity index (χ1) is 10.1. The SMILES string of the molecule is CCc1cc(C(=O)N2CCC3(CC2)OCCCC3O)on1. The van der Waals surface area contributed by atoms with Crippen molar-refractivity contribution in [3.05, 3.63) is 17.5 Å². The van der Waals surface area contributed by atoms with Crippen LogP contribution in [-0.2, 0) is 11.2 Å². The molecular formula is C15H22N2O4. The minimum Gasteiger partial charge on any atom is -0.390 e. The lowest BCUT2D eigenvalue weighted by Crippen LogP contribution is -2.56. The van der Waals surface area contributed by atoms with E-state index in [9.17, 15) is 9.90 Å². The molecule has 3 rings (SSSR count). The van der Waals surface area contributed by atoms with Gasteiger partial charge in [0.2, 0.25) is 5.76 Å². The molecule has 116 valence electrons. The molecule has 6 heteroatoms. The number of aromatic nitrogens is 1. The molecule has 1 amide bonds. The zero-order valence-corrected chi connectivity index (χ0v) is 12.4. The quantitative estimate of drug-likeness (QED) is 0.892. The maximum absolute atomic E-state index is 12.4. The number of aryl methyl sites for hydroxylation is 1. The van der Waals surface area contributed by atoms with Crippen LogP contribution in [-0.4, -0.2) is 52.5 Å². The summed E-state index contributed by atoms with van der Waals surface area (Å²) in [5.74, 6) is 0.176. The molecule has 1 N–H and O–H groups in total. The highest BCUT2D eigenvalue weighted by Gasteiger charge is 2.44. The number of amides is 1. The maximum Gasteiger partial charge on any atom is 0.292 e. The molecule has 21 heavy (non-hydrogen) atoms. The predicted molar refractivity (Wildman–Crippen MR) is 74.9 cm³/mol. The molecule has 0 radical (unpaired) electrons. The van der Waals surface area contributed by atoms with Gasteiger partial charge in [0.25, 0.3) is 5.91 Å². The van der Waals surface area contributed by atoms with E-state index < -0.39 is 11.7 Å². The fourth-order valence-electron chi connectivity index (χ4n) is 3.21. The van der Waals surface area contributed by atoms with Crippen molar-refractivity contribution in [3.63, 3.8) is 0 Å². The zero-order valence-electron chi connectivity index (χ0n) is 12.4. The van der Waals surface area contributed by atoms with Crippen LogP contribution in [0.3, 0.4) is 0 Å². The molecule has 1 unspecified atom stereocenters. The zero-order chi connectivity index (χ0) is 14.9. The van der Waals surface area contributed by atoms with Gasteiger partial charge in [-0.05, 0) is 32.1 Å². The van der Waals surface area contributed by atoms with E-state index in [0.29, 0.717) is 38.3 Å². The van der Waals surface area contributed by atoms with Crippen molar-refractivity contribution in [2.75, 3.05) is 19.7 Å². The molecule has 1 aromatic rings. The molecule has 6 nitrogen and oxygen atoms in total. The van der Waals surface area contributed by atoms with E-state index in [1.165, 1.54) is 0 Å². The summed E-state index contributed by atoms with van der Waals surface area (Å²) in [6.07, 6.45) is 3.38. The fraction of sp³-hybridized carbons (Fsp3) is 0.733. The van der Waals surface area contributed by atoms with Gasteiger partial charge in [-0.3, -0.25) is 4.79 Å². The number of carbonyl (C=O) groups is 1. The molecule has 2 saturated heterocycles. The fourth-order valence-corrected chi connectivity index (χ4v) is 3.21. The lowest BCUT2D eigenvalue weighted by molar-refractivity contribution is -0.174. The Hall–Kier alpha value is -1.40. The number of aliphatic hydroxyl groups excluding tert-OH is 1. The van der Waals surface area contributed by atoms with Crippen LogP contribution in [0.4, 0.5) is 0 Å². The van der Waals surface area contributed by atoms with Gasteiger partial charge in [-0.25, -0.2) is 0 Å². The Balaban J connectivity index is 1.63. The van der Waals surface area contributed by atoms with Crippen LogP contribution >= 0.6 is 0 Å². The Morgan fingerprint density at radius 3 is 2.90 bits per heavy atom. The van der Waals surface area contributed by atoms with Crippen LogP contribution in [0.1, 0.15) is 48.9 Å². The van der Waals surface area contributed by atoms with Crippen molar-refractivity contribution >= 4 is 5.91 Å². The molecule has 1 aromatic heterocycles. The van der Waals surface area contributed by atoms with Gasteiger partial charge in [-0.1, -0.05) is 12.1 Å². The van der Waals surface area contributed by atoms with E-state index >= 15 is 0 Å². The van der Waals surface area contributed by atoms with Crippen molar-refractivity contribution in [1.29, 1.82) is 0 Å². The van der Waals surface area contributed by atoms with Crippen molar-refractivity contribution in [2.24, 2.45) is 0 Å². The second kappa shape index (κ2) is 5.77. The third-order valence-electron chi connectivity index (χ3n) is 4.65. The highest BCUT2D eigenvalue weighted by Crippen LogP contribution is 2.35. The van der Waals surface area contributed by atoms with Crippen molar-refractivity contribution in [1.82, 2.24) is 10.1 Å². The second-order valence-corrected chi connectivity index (χ2v) is 5.90. The van der Waals surface area contributed by atoms with E-state index in [4.69, 9.17) is 9.26 Å². The largest absolute Gasteiger partial charge is 0.390 e. The smallest absolute Gasteiger partial charge is 0.292 e. The highest BCUT2D eigenvalue weighted by molar-refractivity contribution is 5.91. The van der Waals surface area contributed by atoms with Crippen LogP contribution in [0.25, 0.3) is 0 Å². The summed E-state index contributed by atoms with van der Waals surface area (Å²) in [5, 5.41) is 14.1. The molecule has 0 bridgehead atoms. The number of hydrogen-bond acceptors (Lipinski definition) is 5. The Labute approximate surface area is 124 Å². The van der Waals surface area contributed by atoms with Crippen LogP contribution in [0, 0.1) is 0 Å². The standard InChI is InChI=1S/C15H22N2O4/c1-2-11-10-12(21-16-11)14(19)17-7-5-15(6-8-17)13(18)4-3-9-20-15/h10,13,18H,2-9H2,1H3. The third kappa shape index (κ3) is 2.70. The van der Waals surface area contributed by atoms with E-state index in [1.807, 2.05) is 6.92 Å². The van der Waals surface area contributed by atoms with E-state index in [1.54, 1.807) is 11.0 Å². The summed E-state index contributed by atoms with van der Waals surface area (Å²) in [6, 6.07) is 1.71. The van der Waals surface area contributed by atoms with Gasteiger partial charge in [0, 0.05) is 25.8 Å². The van der Waals surface area contributed by atoms with Crippen LogP contribution in [0.2, 0.25) is 0 Å². The van der Waals surface area contributed by atoms with Gasteiger partial charge in [-0.15, -0.1) is 0 Å². The summed E-state index contributed by atoms with van der Waals surface area (Å²) >= 11 is 0. The van der Waals surface area contributed by atoms with Gasteiger partial charge in [0.05, 0.1) is 17.4 Å². The molecule has 1 atom stereocenters. The van der Waals surface area contributed by atoms with E-state index in [-0.39, 0.29) is 5.91 Å². The molecule has 3 heterocycles. The summed E-state index contributed by atoms with van der Waals surface area (Å²) in [7, 11) is 0. The second-order valence-electron chi connectivity index (χ2n) is 5.90. The molecule has 2 aliphatic heterocycles. The summed E-state index contributed by atoms with van der Waals surface area (Å²) in [6.45, 7) is 3.83. The monoisotopic (exact) mass is 294 g/mol. The van der Waals surface area contributed by atoms with Crippen molar-refractivity contribution in [2.45, 2.75) is 50.7 Å². The number of rotatable bonds is 2. The Morgan fingerprint density at radius 1 is 1.52 bits per heavy atom. The Bertz CT molecular complexity index is 506. The van der Waals surface area contributed by atoms with Crippen molar-refractivity contribution in [3.8, 4) is 0 Å². The van der Waals surface area contributed by atoms with Crippen LogP contribution < -0.4 is 0 Å². The van der Waals surface area contributed by atoms with E-state index in [2.05, 4.69) is 5.16 Å². The van der Waals surface area contributed by atoms with Gasteiger partial charge in [0.15, 0.2) is 0 Å². The summed E-state index contributed by atoms with van der Waals surface area (Å²) < 4.78 is 11.0. The number of ether oxygens (including phenoxy) is 1. The predicted octanol–water partition coefficient (Wildman–Crippen LogP) is 1.38. The average Bonchev–Trinajstić information content (AvgIpc) is 2.99. The number of likely N-dealkylation sites (tertiary alicyclic amines) is 1. The van der Waals surface area contributed by atoms with Crippen LogP contribution in [0.5, 0.6) is 0 Å². The average molecular weight is 294 g/mol. The Kier molecular flexibility index (Phi) is 3.99. The number of carbonyl (C=O) groups excluding carboxylic acids is 1. The van der Waals surface area contributed by atoms with E-state index in [0.717, 1.165) is 25.0 Å². The van der Waals surface area contributed by atoms with Gasteiger partial charge >= 0.3 is 0 Å². The van der Waals surface area contributed by atoms with Gasteiger partial charge in [0.1, 0.15) is 0 Å². The first-order valence-electron chi connectivity index (χ1n) is 7.71. The summed E-state index contributed by atoms with van der Waals surface area (Å²) in [5.41, 5.74) is 0.336. The molecule has 1 spiro atoms. The third-order valence-corrected chi connectivity index (χ3v) is 4.65.